The van der Waals surface area contributed by atoms with E-state index in [1.165, 1.54) is 43.0 Å². The van der Waals surface area contributed by atoms with Gasteiger partial charge in [-0.05, 0) is 54.1 Å². The molecule has 3 aromatic rings. The highest BCUT2D eigenvalue weighted by molar-refractivity contribution is 8.01. The molecule has 2 heterocycles. The van der Waals surface area contributed by atoms with Crippen molar-refractivity contribution in [1.82, 2.24) is 4.90 Å². The highest BCUT2D eigenvalue weighted by Crippen LogP contribution is 2.55. The van der Waals surface area contributed by atoms with Gasteiger partial charge in [-0.15, -0.1) is 11.8 Å². The molecule has 2 aliphatic heterocycles. The molecule has 10 heteroatoms. The summed E-state index contributed by atoms with van der Waals surface area (Å²) in [6.07, 6.45) is -4.45. The Labute approximate surface area is 216 Å². The van der Waals surface area contributed by atoms with Gasteiger partial charge in [-0.2, -0.15) is 13.2 Å². The van der Waals surface area contributed by atoms with Crippen molar-refractivity contribution in [2.45, 2.75) is 17.6 Å². The molecule has 37 heavy (non-hydrogen) atoms. The Morgan fingerprint density at radius 3 is 2.38 bits per heavy atom. The Kier molecular flexibility index (Phi) is 6.31. The van der Waals surface area contributed by atoms with Gasteiger partial charge in [0.25, 0.3) is 11.8 Å². The number of carbonyl (C=O) groups is 2. The molecule has 0 aromatic heterocycles. The second-order valence-corrected chi connectivity index (χ2v) is 9.94. The van der Waals surface area contributed by atoms with E-state index in [2.05, 4.69) is 0 Å². The molecule has 2 aliphatic rings. The maximum Gasteiger partial charge on any atom is 0.416 e. The fourth-order valence-electron chi connectivity index (χ4n) is 4.77. The molecule has 0 N–H and O–H groups in total. The summed E-state index contributed by atoms with van der Waals surface area (Å²) in [5.74, 6) is 0.947. The first-order valence-electron chi connectivity index (χ1n) is 11.5. The van der Waals surface area contributed by atoms with Crippen molar-refractivity contribution in [1.29, 1.82) is 0 Å². The Morgan fingerprint density at radius 2 is 1.70 bits per heavy atom. The summed E-state index contributed by atoms with van der Waals surface area (Å²) >= 11 is 1.36. The Balaban J connectivity index is 1.55. The molecule has 2 amide bonds. The largest absolute Gasteiger partial charge is 0.497 e. The first-order valence-corrected chi connectivity index (χ1v) is 12.4. The summed E-state index contributed by atoms with van der Waals surface area (Å²) in [5.41, 5.74) is 1.37. The van der Waals surface area contributed by atoms with Crippen molar-refractivity contribution < 1.29 is 32.2 Å². The third-order valence-electron chi connectivity index (χ3n) is 6.58. The molecule has 3 aromatic carbocycles. The first kappa shape index (κ1) is 25.0. The fraction of sp³-hybridized carbons (Fsp3) is 0.259. The summed E-state index contributed by atoms with van der Waals surface area (Å²) in [6.45, 7) is 0.400. The number of fused-ring (bicyclic) bond motifs is 2. The highest BCUT2D eigenvalue weighted by atomic mass is 32.2. The van der Waals surface area contributed by atoms with Crippen LogP contribution in [0.1, 0.15) is 27.0 Å². The second-order valence-electron chi connectivity index (χ2n) is 8.65. The quantitative estimate of drug-likeness (QED) is 0.449. The van der Waals surface area contributed by atoms with Gasteiger partial charge in [0, 0.05) is 23.4 Å². The molecule has 1 spiro atoms. The monoisotopic (exact) mass is 528 g/mol. The molecule has 1 saturated heterocycles. The zero-order valence-electron chi connectivity index (χ0n) is 20.0. The lowest BCUT2D eigenvalue weighted by Crippen LogP contribution is -2.50. The van der Waals surface area contributed by atoms with E-state index in [4.69, 9.17) is 9.47 Å². The van der Waals surface area contributed by atoms with Gasteiger partial charge in [-0.25, -0.2) is 0 Å². The van der Waals surface area contributed by atoms with E-state index in [1.807, 2.05) is 0 Å². The van der Waals surface area contributed by atoms with Crippen LogP contribution in [0.2, 0.25) is 0 Å². The van der Waals surface area contributed by atoms with Crippen LogP contribution in [0.25, 0.3) is 0 Å². The summed E-state index contributed by atoms with van der Waals surface area (Å²) in [7, 11) is 3.03. The van der Waals surface area contributed by atoms with E-state index in [1.54, 1.807) is 47.4 Å². The zero-order valence-corrected chi connectivity index (χ0v) is 20.9. The number of hydrogen-bond acceptors (Lipinski definition) is 5. The Bertz CT molecular complexity index is 1360. The SMILES string of the molecule is COc1cccc(C(=O)N2CCSC23C(=O)N(Cc2ccc(C(F)(F)F)cc2)c2ccc(OC)cc23)c1. The number of carbonyl (C=O) groups excluding carboxylic acids is 2. The van der Waals surface area contributed by atoms with Crippen molar-refractivity contribution in [2.75, 3.05) is 31.4 Å². The van der Waals surface area contributed by atoms with Crippen molar-refractivity contribution in [3.05, 3.63) is 89.0 Å². The van der Waals surface area contributed by atoms with Crippen molar-refractivity contribution in [3.63, 3.8) is 0 Å². The van der Waals surface area contributed by atoms with Crippen LogP contribution < -0.4 is 14.4 Å². The third-order valence-corrected chi connectivity index (χ3v) is 8.00. The molecule has 0 bridgehead atoms. The minimum absolute atomic E-state index is 0.0554. The molecule has 1 unspecified atom stereocenters. The summed E-state index contributed by atoms with van der Waals surface area (Å²) in [4.78, 5) is 29.7. The van der Waals surface area contributed by atoms with E-state index >= 15 is 0 Å². The second kappa shape index (κ2) is 9.33. The van der Waals surface area contributed by atoms with Crippen LogP contribution in [0.4, 0.5) is 18.9 Å². The molecular weight excluding hydrogens is 505 g/mol. The molecule has 0 radical (unpaired) electrons. The number of benzene rings is 3. The van der Waals surface area contributed by atoms with E-state index in [0.29, 0.717) is 46.2 Å². The first-order chi connectivity index (χ1) is 17.7. The predicted molar refractivity (Wildman–Crippen MR) is 134 cm³/mol. The van der Waals surface area contributed by atoms with Crippen molar-refractivity contribution >= 4 is 29.3 Å². The lowest BCUT2D eigenvalue weighted by atomic mass is 10.0. The topological polar surface area (TPSA) is 59.1 Å². The third kappa shape index (κ3) is 4.19. The number of methoxy groups -OCH3 is 2. The molecule has 0 aliphatic carbocycles. The maximum absolute atomic E-state index is 14.2. The van der Waals surface area contributed by atoms with Gasteiger partial charge in [0.2, 0.25) is 0 Å². The van der Waals surface area contributed by atoms with Crippen LogP contribution in [-0.2, 0) is 22.4 Å². The van der Waals surface area contributed by atoms with Crippen LogP contribution in [-0.4, -0.2) is 43.2 Å². The van der Waals surface area contributed by atoms with Gasteiger partial charge in [-0.1, -0.05) is 18.2 Å². The Hall–Kier alpha value is -3.66. The molecule has 192 valence electrons. The minimum atomic E-state index is -4.45. The van der Waals surface area contributed by atoms with Crippen LogP contribution in [0.5, 0.6) is 11.5 Å². The number of nitrogens with zero attached hydrogens (tertiary/aromatic N) is 2. The van der Waals surface area contributed by atoms with Crippen molar-refractivity contribution in [2.24, 2.45) is 0 Å². The van der Waals surface area contributed by atoms with Crippen LogP contribution in [0.15, 0.2) is 66.7 Å². The van der Waals surface area contributed by atoms with Gasteiger partial charge in [0.15, 0.2) is 4.87 Å². The van der Waals surface area contributed by atoms with E-state index in [-0.39, 0.29) is 18.4 Å². The number of anilines is 1. The minimum Gasteiger partial charge on any atom is -0.497 e. The summed E-state index contributed by atoms with van der Waals surface area (Å²) < 4.78 is 49.8. The van der Waals surface area contributed by atoms with E-state index < -0.39 is 16.6 Å². The molecule has 1 atom stereocenters. The normalized spacial score (nSPS) is 18.9. The molecule has 5 rings (SSSR count). The summed E-state index contributed by atoms with van der Waals surface area (Å²) in [5, 5.41) is 0. The number of thioether (sulfide) groups is 1. The lowest BCUT2D eigenvalue weighted by Gasteiger charge is -2.33. The zero-order chi connectivity index (χ0) is 26.4. The number of ether oxygens (including phenoxy) is 2. The summed E-state index contributed by atoms with van der Waals surface area (Å²) in [6, 6.07) is 16.7. The standard InChI is InChI=1S/C27H23F3N2O4S/c1-35-20-5-3-4-18(14-20)24(33)32-12-13-37-26(32)22-15-21(36-2)10-11-23(22)31(25(26)34)16-17-6-8-19(9-7-17)27(28,29)30/h3-11,14-15H,12-13,16H2,1-2H3. The lowest BCUT2D eigenvalue weighted by molar-refractivity contribution is -0.137. The van der Waals surface area contributed by atoms with Crippen LogP contribution in [0, 0.1) is 0 Å². The van der Waals surface area contributed by atoms with Crippen molar-refractivity contribution in [3.8, 4) is 11.5 Å². The molecule has 6 nitrogen and oxygen atoms in total. The maximum atomic E-state index is 14.2. The average molecular weight is 529 g/mol. The van der Waals surface area contributed by atoms with Crippen LogP contribution in [0.3, 0.4) is 0 Å². The molecule has 1 fully saturated rings. The number of rotatable bonds is 5. The number of halogens is 3. The number of alkyl halides is 3. The van der Waals surface area contributed by atoms with Gasteiger partial charge in [0.05, 0.1) is 32.0 Å². The smallest absolute Gasteiger partial charge is 0.416 e. The fourth-order valence-corrected chi connectivity index (χ4v) is 6.22. The average Bonchev–Trinajstić information content (AvgIpc) is 3.44. The highest BCUT2D eigenvalue weighted by Gasteiger charge is 2.59. The van der Waals surface area contributed by atoms with Crippen LogP contribution >= 0.6 is 11.8 Å². The van der Waals surface area contributed by atoms with E-state index in [9.17, 15) is 22.8 Å². The number of hydrogen-bond donors (Lipinski definition) is 0. The van der Waals surface area contributed by atoms with Gasteiger partial charge < -0.3 is 19.3 Å². The van der Waals surface area contributed by atoms with E-state index in [0.717, 1.165) is 12.1 Å². The van der Waals surface area contributed by atoms with Gasteiger partial charge >= 0.3 is 6.18 Å². The molecular formula is C27H23F3N2O4S. The number of amides is 2. The molecule has 0 saturated carbocycles. The Morgan fingerprint density at radius 1 is 1.00 bits per heavy atom. The van der Waals surface area contributed by atoms with Gasteiger partial charge in [0.1, 0.15) is 11.5 Å². The van der Waals surface area contributed by atoms with Gasteiger partial charge in [-0.3, -0.25) is 9.59 Å². The predicted octanol–water partition coefficient (Wildman–Crippen LogP) is 5.31.